The van der Waals surface area contributed by atoms with E-state index in [9.17, 15) is 9.59 Å². The molecule has 0 spiro atoms. The van der Waals surface area contributed by atoms with Crippen LogP contribution in [0, 0.1) is 0 Å². The van der Waals surface area contributed by atoms with Crippen LogP contribution in [-0.4, -0.2) is 39.2 Å². The number of piperidine rings is 1. The molecule has 2 aromatic rings. The topological polar surface area (TPSA) is 102 Å². The van der Waals surface area contributed by atoms with Gasteiger partial charge < -0.3 is 25.3 Å². The molecule has 2 heterocycles. The molecule has 0 radical (unpaired) electrons. The van der Waals surface area contributed by atoms with Gasteiger partial charge in [-0.15, -0.1) is 0 Å². The number of nitrogens with one attached hydrogen (secondary N) is 1. The van der Waals surface area contributed by atoms with Crippen molar-refractivity contribution < 1.29 is 9.53 Å². The summed E-state index contributed by atoms with van der Waals surface area (Å²) in [5.74, 6) is 0.352. The second-order valence-electron chi connectivity index (χ2n) is 8.56. The van der Waals surface area contributed by atoms with Crippen molar-refractivity contribution in [3.05, 3.63) is 44.9 Å². The van der Waals surface area contributed by atoms with E-state index in [0.717, 1.165) is 18.4 Å². The summed E-state index contributed by atoms with van der Waals surface area (Å²) in [6, 6.07) is 5.62. The minimum absolute atomic E-state index is 0.136. The number of likely N-dealkylation sites (tertiary alicyclic amines) is 1. The normalized spacial score (nSPS) is 17.0. The van der Waals surface area contributed by atoms with E-state index in [0.29, 0.717) is 29.1 Å². The van der Waals surface area contributed by atoms with Crippen molar-refractivity contribution in [3.63, 3.8) is 0 Å². The number of hydrogen-bond acceptors (Lipinski definition) is 6. The number of nitrogen functional groups attached to an aromatic ring is 1. The smallest absolute Gasteiger partial charge is 0.410 e. The summed E-state index contributed by atoms with van der Waals surface area (Å²) in [5.41, 5.74) is 7.87. The number of aryl methyl sites for hydroxylation is 1. The largest absolute Gasteiger partial charge is 0.444 e. The van der Waals surface area contributed by atoms with Gasteiger partial charge in [0.2, 0.25) is 0 Å². The third kappa shape index (κ3) is 5.33. The van der Waals surface area contributed by atoms with E-state index in [2.05, 4.69) is 26.2 Å². The van der Waals surface area contributed by atoms with Gasteiger partial charge in [-0.1, -0.05) is 6.07 Å². The molecule has 9 heteroatoms. The van der Waals surface area contributed by atoms with E-state index >= 15 is 0 Å². The van der Waals surface area contributed by atoms with Crippen LogP contribution in [0.3, 0.4) is 0 Å². The summed E-state index contributed by atoms with van der Waals surface area (Å²) in [7, 11) is 1.66. The molecule has 1 aliphatic rings. The molecule has 30 heavy (non-hydrogen) atoms. The Morgan fingerprint density at radius 1 is 1.37 bits per heavy atom. The van der Waals surface area contributed by atoms with E-state index in [-0.39, 0.29) is 23.4 Å². The lowest BCUT2D eigenvalue weighted by Gasteiger charge is -2.34. The molecule has 1 amide bonds. The van der Waals surface area contributed by atoms with E-state index in [4.69, 9.17) is 10.5 Å². The van der Waals surface area contributed by atoms with Gasteiger partial charge in [0.1, 0.15) is 10.2 Å². The van der Waals surface area contributed by atoms with Gasteiger partial charge in [0, 0.05) is 43.6 Å². The number of rotatable bonds is 3. The van der Waals surface area contributed by atoms with Gasteiger partial charge >= 0.3 is 6.09 Å². The number of aromatic nitrogens is 2. The van der Waals surface area contributed by atoms with Crippen molar-refractivity contribution in [3.8, 4) is 0 Å². The summed E-state index contributed by atoms with van der Waals surface area (Å²) < 4.78 is 7.52. The first-order valence-electron chi connectivity index (χ1n) is 9.91. The number of ether oxygens (including phenoxy) is 1. The maximum Gasteiger partial charge on any atom is 0.410 e. The SMILES string of the molecule is Cn1cc(Br)nc(Nc2ccc(C3CCCN(C(=O)OC(C)(C)C)C3)c(N)c2)c1=O. The van der Waals surface area contributed by atoms with Gasteiger partial charge in [0.25, 0.3) is 5.56 Å². The monoisotopic (exact) mass is 477 g/mol. The molecule has 1 fully saturated rings. The lowest BCUT2D eigenvalue weighted by Crippen LogP contribution is -2.42. The van der Waals surface area contributed by atoms with Crippen molar-refractivity contribution >= 4 is 39.2 Å². The summed E-state index contributed by atoms with van der Waals surface area (Å²) in [6.45, 7) is 6.85. The van der Waals surface area contributed by atoms with Crippen molar-refractivity contribution in [2.24, 2.45) is 7.05 Å². The lowest BCUT2D eigenvalue weighted by molar-refractivity contribution is 0.0198. The van der Waals surface area contributed by atoms with Crippen LogP contribution in [0.5, 0.6) is 0 Å². The molecule has 1 atom stereocenters. The number of carbonyl (C=O) groups excluding carboxylic acids is 1. The first-order valence-corrected chi connectivity index (χ1v) is 10.7. The maximum atomic E-state index is 12.4. The predicted octanol–water partition coefficient (Wildman–Crippen LogP) is 3.98. The molecule has 1 aliphatic heterocycles. The minimum Gasteiger partial charge on any atom is -0.444 e. The zero-order valence-electron chi connectivity index (χ0n) is 17.7. The highest BCUT2D eigenvalue weighted by atomic mass is 79.9. The number of hydrogen-bond donors (Lipinski definition) is 2. The molecule has 0 saturated carbocycles. The van der Waals surface area contributed by atoms with Crippen LogP contribution >= 0.6 is 15.9 Å². The Morgan fingerprint density at radius 2 is 2.10 bits per heavy atom. The molecule has 0 bridgehead atoms. The Labute approximate surface area is 184 Å². The van der Waals surface area contributed by atoms with Gasteiger partial charge in [-0.05, 0) is 67.2 Å². The van der Waals surface area contributed by atoms with Crippen LogP contribution in [0.2, 0.25) is 0 Å². The zero-order chi connectivity index (χ0) is 22.1. The molecule has 0 aliphatic carbocycles. The van der Waals surface area contributed by atoms with Gasteiger partial charge in [0.15, 0.2) is 5.82 Å². The van der Waals surface area contributed by atoms with Gasteiger partial charge in [-0.25, -0.2) is 9.78 Å². The fourth-order valence-corrected chi connectivity index (χ4v) is 4.02. The molecule has 1 aromatic heterocycles. The summed E-state index contributed by atoms with van der Waals surface area (Å²) in [6.07, 6.45) is 3.15. The molecular weight excluding hydrogens is 450 g/mol. The summed E-state index contributed by atoms with van der Waals surface area (Å²) in [4.78, 5) is 30.7. The number of halogens is 1. The van der Waals surface area contributed by atoms with Crippen LogP contribution in [0.4, 0.5) is 22.0 Å². The summed E-state index contributed by atoms with van der Waals surface area (Å²) >= 11 is 3.30. The van der Waals surface area contributed by atoms with Crippen molar-refractivity contribution in [2.75, 3.05) is 24.1 Å². The highest BCUT2D eigenvalue weighted by molar-refractivity contribution is 9.10. The Kier molecular flexibility index (Phi) is 6.40. The molecule has 8 nitrogen and oxygen atoms in total. The third-order valence-corrected chi connectivity index (χ3v) is 5.29. The van der Waals surface area contributed by atoms with Gasteiger partial charge in [-0.3, -0.25) is 4.79 Å². The van der Waals surface area contributed by atoms with Crippen molar-refractivity contribution in [2.45, 2.75) is 45.1 Å². The molecule has 3 N–H and O–H groups in total. The number of nitrogens with zero attached hydrogens (tertiary/aromatic N) is 3. The first-order chi connectivity index (χ1) is 14.0. The quantitative estimate of drug-likeness (QED) is 0.647. The number of carbonyl (C=O) groups is 1. The molecule has 1 aromatic carbocycles. The van der Waals surface area contributed by atoms with Crippen LogP contribution < -0.4 is 16.6 Å². The molecule has 1 unspecified atom stereocenters. The van der Waals surface area contributed by atoms with Crippen LogP contribution in [-0.2, 0) is 11.8 Å². The van der Waals surface area contributed by atoms with Crippen molar-refractivity contribution in [1.29, 1.82) is 0 Å². The Hall–Kier alpha value is -2.55. The number of nitrogens with two attached hydrogens (primary N) is 1. The minimum atomic E-state index is -0.520. The van der Waals surface area contributed by atoms with E-state index in [1.807, 2.05) is 32.9 Å². The van der Waals surface area contributed by atoms with Gasteiger partial charge in [-0.2, -0.15) is 0 Å². The zero-order valence-corrected chi connectivity index (χ0v) is 19.3. The Balaban J connectivity index is 1.75. The van der Waals surface area contributed by atoms with E-state index in [1.165, 1.54) is 4.57 Å². The van der Waals surface area contributed by atoms with Crippen molar-refractivity contribution in [1.82, 2.24) is 14.5 Å². The van der Waals surface area contributed by atoms with Crippen LogP contribution in [0.1, 0.15) is 45.1 Å². The Morgan fingerprint density at radius 3 is 2.77 bits per heavy atom. The number of benzene rings is 1. The average molecular weight is 478 g/mol. The fraction of sp³-hybridized carbons (Fsp3) is 0.476. The highest BCUT2D eigenvalue weighted by Crippen LogP contribution is 2.33. The second-order valence-corrected chi connectivity index (χ2v) is 9.37. The number of anilines is 3. The maximum absolute atomic E-state index is 12.4. The molecule has 3 rings (SSSR count). The molecular formula is C21H28BrN5O3. The standard InChI is InChI=1S/C21H28BrN5O3/c1-21(2,3)30-20(29)27-9-5-6-13(11-27)15-8-7-14(10-16(15)23)24-18-19(28)26(4)12-17(22)25-18/h7-8,10,12-13H,5-6,9,11,23H2,1-4H3,(H,24,25). The highest BCUT2D eigenvalue weighted by Gasteiger charge is 2.29. The predicted molar refractivity (Wildman–Crippen MR) is 121 cm³/mol. The molecule has 162 valence electrons. The fourth-order valence-electron chi connectivity index (χ4n) is 3.53. The Bertz CT molecular complexity index is 999. The van der Waals surface area contributed by atoms with Crippen LogP contribution in [0.25, 0.3) is 0 Å². The van der Waals surface area contributed by atoms with E-state index < -0.39 is 5.60 Å². The average Bonchev–Trinajstić information content (AvgIpc) is 2.64. The number of amides is 1. The third-order valence-electron chi connectivity index (χ3n) is 4.90. The second kappa shape index (κ2) is 8.67. The molecule has 1 saturated heterocycles. The van der Waals surface area contributed by atoms with E-state index in [1.54, 1.807) is 24.2 Å². The van der Waals surface area contributed by atoms with Crippen LogP contribution in [0.15, 0.2) is 33.8 Å². The first kappa shape index (κ1) is 22.1. The summed E-state index contributed by atoms with van der Waals surface area (Å²) in [5, 5.41) is 3.04. The van der Waals surface area contributed by atoms with Gasteiger partial charge in [0.05, 0.1) is 0 Å². The lowest BCUT2D eigenvalue weighted by atomic mass is 9.89.